The van der Waals surface area contributed by atoms with Gasteiger partial charge >= 0.3 is 11.8 Å². The summed E-state index contributed by atoms with van der Waals surface area (Å²) in [5.74, 6) is -0.206. The van der Waals surface area contributed by atoms with E-state index >= 15 is 0 Å². The molecule has 14 heteroatoms. The van der Waals surface area contributed by atoms with Crippen molar-refractivity contribution in [2.45, 2.75) is 35.3 Å². The smallest absolute Gasteiger partial charge is 0.300 e. The van der Waals surface area contributed by atoms with Crippen molar-refractivity contribution in [3.05, 3.63) is 0 Å². The van der Waals surface area contributed by atoms with E-state index in [1.54, 1.807) is 33.7 Å². The minimum atomic E-state index is -0.961. The summed E-state index contributed by atoms with van der Waals surface area (Å²) >= 11 is 3.38. The van der Waals surface area contributed by atoms with E-state index < -0.39 is 11.8 Å². The maximum absolute atomic E-state index is 5.60. The average Bonchev–Trinajstić information content (AvgIpc) is 3.40. The van der Waals surface area contributed by atoms with Crippen molar-refractivity contribution < 1.29 is 38.1 Å². The summed E-state index contributed by atoms with van der Waals surface area (Å²) in [6.45, 7) is 0.691. The fraction of sp³-hybridized carbons (Fsp3) is 1.00. The molecule has 6 aliphatic heterocycles. The monoisotopic (exact) mass is 410 g/mol. The standard InChI is InChI=1S/C12H18N4O8S2/c1(25-9-13-7-11(19-3-17-7)15(9)23-5-21-11)2-26-10-14-8-12(20-4-18-8)16(10)24-6-22-12/h7-10,13-14H,1-6H2. The van der Waals surface area contributed by atoms with Crippen LogP contribution in [0.5, 0.6) is 0 Å². The molecule has 6 atom stereocenters. The van der Waals surface area contributed by atoms with Gasteiger partial charge in [0.05, 0.1) is 0 Å². The quantitative estimate of drug-likeness (QED) is 0.521. The van der Waals surface area contributed by atoms with Crippen molar-refractivity contribution in [1.29, 1.82) is 0 Å². The Morgan fingerprint density at radius 1 is 0.731 bits per heavy atom. The summed E-state index contributed by atoms with van der Waals surface area (Å²) in [6.07, 6.45) is -0.703. The highest BCUT2D eigenvalue weighted by atomic mass is 32.2. The van der Waals surface area contributed by atoms with E-state index in [1.807, 2.05) is 0 Å². The fourth-order valence-corrected chi connectivity index (χ4v) is 6.03. The second-order valence-electron chi connectivity index (χ2n) is 6.09. The molecule has 0 saturated carbocycles. The molecular formula is C12H18N4O8S2. The molecule has 6 fully saturated rings. The Morgan fingerprint density at radius 2 is 1.19 bits per heavy atom. The van der Waals surface area contributed by atoms with E-state index in [0.29, 0.717) is 0 Å². The Balaban J connectivity index is 1.02. The minimum Gasteiger partial charge on any atom is -0.330 e. The molecule has 6 rings (SSSR count). The van der Waals surface area contributed by atoms with Gasteiger partial charge in [0.2, 0.25) is 0 Å². The molecule has 0 aliphatic carbocycles. The lowest BCUT2D eigenvalue weighted by atomic mass is 10.4. The molecule has 146 valence electrons. The van der Waals surface area contributed by atoms with Crippen molar-refractivity contribution in [2.75, 3.05) is 38.7 Å². The second kappa shape index (κ2) is 6.36. The fourth-order valence-electron chi connectivity index (χ4n) is 3.68. The van der Waals surface area contributed by atoms with E-state index in [1.165, 1.54) is 0 Å². The summed E-state index contributed by atoms with van der Waals surface area (Å²) in [4.78, 5) is 11.1. The molecule has 12 nitrogen and oxygen atoms in total. The van der Waals surface area contributed by atoms with Gasteiger partial charge in [-0.05, 0) is 0 Å². The SMILES string of the molecule is C1OC2NC(SCCSC3NC4OCOC45OCON35)N3OCOC23O1. The highest BCUT2D eigenvalue weighted by molar-refractivity contribution is 8.03. The third-order valence-corrected chi connectivity index (χ3v) is 7.27. The number of nitrogens with zero attached hydrogens (tertiary/aromatic N) is 2. The van der Waals surface area contributed by atoms with Crippen LogP contribution >= 0.6 is 23.5 Å². The van der Waals surface area contributed by atoms with Gasteiger partial charge in [-0.15, -0.1) is 23.5 Å². The highest BCUT2D eigenvalue weighted by Gasteiger charge is 2.66. The van der Waals surface area contributed by atoms with Crippen LogP contribution in [-0.4, -0.2) is 84.1 Å². The molecule has 6 aliphatic rings. The normalized spacial score (nSPS) is 50.3. The van der Waals surface area contributed by atoms with Crippen LogP contribution in [0.15, 0.2) is 0 Å². The number of hydroxylamine groups is 4. The molecular weight excluding hydrogens is 392 g/mol. The summed E-state index contributed by atoms with van der Waals surface area (Å²) in [7, 11) is 0. The first-order chi connectivity index (χ1) is 12.8. The summed E-state index contributed by atoms with van der Waals surface area (Å²) in [5.41, 5.74) is -0.215. The molecule has 6 heterocycles. The van der Waals surface area contributed by atoms with Crippen molar-refractivity contribution in [3.63, 3.8) is 0 Å². The first-order valence-corrected chi connectivity index (χ1v) is 10.3. The number of hydrogen-bond donors (Lipinski definition) is 2. The molecule has 6 saturated heterocycles. The van der Waals surface area contributed by atoms with E-state index in [0.717, 1.165) is 11.5 Å². The van der Waals surface area contributed by atoms with Crippen LogP contribution in [0.3, 0.4) is 0 Å². The van der Waals surface area contributed by atoms with Crippen LogP contribution < -0.4 is 10.6 Å². The number of ether oxygens (including phenoxy) is 6. The Hall–Kier alpha value is 0.220. The zero-order valence-electron chi connectivity index (χ0n) is 13.5. The predicted molar refractivity (Wildman–Crippen MR) is 83.6 cm³/mol. The predicted octanol–water partition coefficient (Wildman–Crippen LogP) is -1.36. The zero-order valence-corrected chi connectivity index (χ0v) is 15.2. The van der Waals surface area contributed by atoms with Crippen molar-refractivity contribution in [2.24, 2.45) is 0 Å². The van der Waals surface area contributed by atoms with E-state index in [2.05, 4.69) is 10.6 Å². The molecule has 0 aromatic carbocycles. The highest BCUT2D eigenvalue weighted by Crippen LogP contribution is 2.44. The second-order valence-corrected chi connectivity index (χ2v) is 8.47. The third kappa shape index (κ3) is 2.31. The summed E-state index contributed by atoms with van der Waals surface area (Å²) in [6, 6.07) is 0. The van der Waals surface area contributed by atoms with E-state index in [-0.39, 0.29) is 50.6 Å². The minimum absolute atomic E-state index is 0.108. The lowest BCUT2D eigenvalue weighted by Crippen LogP contribution is -2.46. The van der Waals surface area contributed by atoms with Gasteiger partial charge in [-0.25, -0.2) is 0 Å². The molecule has 2 spiro atoms. The molecule has 0 bridgehead atoms. The zero-order chi connectivity index (χ0) is 17.2. The average molecular weight is 410 g/mol. The van der Waals surface area contributed by atoms with Crippen molar-refractivity contribution >= 4 is 23.5 Å². The summed E-state index contributed by atoms with van der Waals surface area (Å²) in [5, 5.41) is 10.0. The van der Waals surface area contributed by atoms with Crippen LogP contribution in [0.2, 0.25) is 0 Å². The van der Waals surface area contributed by atoms with Gasteiger partial charge < -0.3 is 28.4 Å². The van der Waals surface area contributed by atoms with Gasteiger partial charge in [0, 0.05) is 11.5 Å². The lowest BCUT2D eigenvalue weighted by molar-refractivity contribution is -0.275. The molecule has 0 radical (unpaired) electrons. The first kappa shape index (κ1) is 17.1. The van der Waals surface area contributed by atoms with Gasteiger partial charge in [0.25, 0.3) is 0 Å². The van der Waals surface area contributed by atoms with Crippen LogP contribution in [0.1, 0.15) is 0 Å². The van der Waals surface area contributed by atoms with E-state index in [4.69, 9.17) is 38.1 Å². The maximum Gasteiger partial charge on any atom is 0.300 e. The molecule has 0 aromatic heterocycles. The molecule has 0 aromatic rings. The molecule has 0 amide bonds. The van der Waals surface area contributed by atoms with Gasteiger partial charge in [0.1, 0.15) is 11.0 Å². The Kier molecular flexibility index (Phi) is 4.19. The van der Waals surface area contributed by atoms with Gasteiger partial charge in [-0.3, -0.25) is 20.3 Å². The topological polar surface area (TPSA) is 104 Å². The third-order valence-electron chi connectivity index (χ3n) is 4.84. The lowest BCUT2D eigenvalue weighted by Gasteiger charge is -2.26. The van der Waals surface area contributed by atoms with Crippen molar-refractivity contribution in [3.8, 4) is 0 Å². The van der Waals surface area contributed by atoms with Crippen LogP contribution in [0.25, 0.3) is 0 Å². The summed E-state index contributed by atoms with van der Waals surface area (Å²) < 4.78 is 33.4. The number of hydrogen-bond acceptors (Lipinski definition) is 14. The maximum atomic E-state index is 5.60. The number of thioether (sulfide) groups is 2. The number of nitrogens with one attached hydrogen (secondary N) is 2. The van der Waals surface area contributed by atoms with Crippen molar-refractivity contribution in [1.82, 2.24) is 20.8 Å². The van der Waals surface area contributed by atoms with Gasteiger partial charge in [-0.2, -0.15) is 0 Å². The molecule has 6 unspecified atom stereocenters. The Morgan fingerprint density at radius 3 is 1.69 bits per heavy atom. The Labute approximate surface area is 156 Å². The van der Waals surface area contributed by atoms with Gasteiger partial charge in [-0.1, -0.05) is 10.1 Å². The molecule has 2 N–H and O–H groups in total. The van der Waals surface area contributed by atoms with Crippen LogP contribution in [0.4, 0.5) is 0 Å². The van der Waals surface area contributed by atoms with Crippen LogP contribution in [-0.2, 0) is 38.1 Å². The van der Waals surface area contributed by atoms with Gasteiger partial charge in [0.15, 0.2) is 39.6 Å². The molecule has 26 heavy (non-hydrogen) atoms. The largest absolute Gasteiger partial charge is 0.330 e. The number of rotatable bonds is 5. The van der Waals surface area contributed by atoms with Crippen LogP contribution in [0, 0.1) is 0 Å². The Bertz CT molecular complexity index is 525. The first-order valence-electron chi connectivity index (χ1n) is 8.21. The van der Waals surface area contributed by atoms with E-state index in [9.17, 15) is 0 Å².